The summed E-state index contributed by atoms with van der Waals surface area (Å²) >= 11 is 0. The number of rotatable bonds is 16. The molecule has 1 saturated heterocycles. The molecule has 34 heavy (non-hydrogen) atoms. The van der Waals surface area contributed by atoms with Crippen LogP contribution >= 0.6 is 15.6 Å². The number of phosphoric acid groups is 2. The number of nitrogens with one attached hydrogen (secondary N) is 1. The zero-order chi connectivity index (χ0) is 25.2. The number of aliphatic hydroxyl groups is 2. The van der Waals surface area contributed by atoms with Crippen molar-refractivity contribution in [3.8, 4) is 0 Å². The van der Waals surface area contributed by atoms with Crippen molar-refractivity contribution >= 4 is 15.6 Å². The van der Waals surface area contributed by atoms with E-state index in [0.717, 1.165) is 16.8 Å². The van der Waals surface area contributed by atoms with Crippen LogP contribution in [0.25, 0.3) is 0 Å². The molecule has 5 atom stereocenters. The highest BCUT2D eigenvalue weighted by atomic mass is 31.2. The molecule has 1 aromatic rings. The van der Waals surface area contributed by atoms with Gasteiger partial charge >= 0.3 is 21.3 Å². The van der Waals surface area contributed by atoms with Crippen LogP contribution < -0.4 is 11.2 Å². The van der Waals surface area contributed by atoms with Crippen molar-refractivity contribution < 1.29 is 52.0 Å². The van der Waals surface area contributed by atoms with E-state index in [1.165, 1.54) is 0 Å². The Morgan fingerprint density at radius 1 is 1.00 bits per heavy atom. The fourth-order valence-corrected chi connectivity index (χ4v) is 4.73. The maximum absolute atomic E-state index is 12.3. The molecule has 1 aliphatic rings. The third-order valence-corrected chi connectivity index (χ3v) is 6.66. The molecule has 0 saturated carbocycles. The Hall–Kier alpha value is -1.22. The average Bonchev–Trinajstić information content (AvgIpc) is 3.14. The van der Waals surface area contributed by atoms with Crippen molar-refractivity contribution in [2.45, 2.75) is 50.5 Å². The lowest BCUT2D eigenvalue weighted by Gasteiger charge is -2.22. The molecule has 0 radical (unpaired) electrons. The largest absolute Gasteiger partial charge is 0.472 e. The van der Waals surface area contributed by atoms with Crippen molar-refractivity contribution in [3.05, 3.63) is 33.1 Å². The predicted octanol–water partition coefficient (Wildman–Crippen LogP) is 0.00490. The highest BCUT2D eigenvalue weighted by molar-refractivity contribution is 7.47. The van der Waals surface area contributed by atoms with Gasteiger partial charge in [0.05, 0.1) is 19.8 Å². The third kappa shape index (κ3) is 9.80. The molecule has 0 spiro atoms. The van der Waals surface area contributed by atoms with E-state index in [4.69, 9.17) is 33.0 Å². The highest BCUT2D eigenvalue weighted by Gasteiger charge is 2.43. The van der Waals surface area contributed by atoms with E-state index in [1.54, 1.807) is 0 Å². The van der Waals surface area contributed by atoms with Crippen LogP contribution in [0.15, 0.2) is 21.9 Å². The van der Waals surface area contributed by atoms with Gasteiger partial charge in [-0.1, -0.05) is 0 Å². The molecule has 0 amide bonds. The number of nitrogens with zero attached hydrogens (tertiary/aromatic N) is 1. The summed E-state index contributed by atoms with van der Waals surface area (Å²) in [6.45, 7) is -1.14. The summed E-state index contributed by atoms with van der Waals surface area (Å²) in [5, 5.41) is 17.5. The lowest BCUT2D eigenvalue weighted by atomic mass is 10.2. The molecule has 1 fully saturated rings. The second-order valence-electron chi connectivity index (χ2n) is 7.29. The molecule has 17 heteroatoms. The first-order valence-electron chi connectivity index (χ1n) is 10.5. The number of aromatic nitrogens is 2. The van der Waals surface area contributed by atoms with Crippen molar-refractivity contribution in [1.29, 1.82) is 0 Å². The number of unbranched alkanes of at least 4 members (excludes halogenated alkanes) is 2. The SMILES string of the molecule is O=c1ccn([C@H]2C[C@H](OP(=O)(O)OCCCCO)[C@@H](COP(=O)(O)OCCCCO)O2)c(=O)[nH]1. The van der Waals surface area contributed by atoms with Crippen LogP contribution in [-0.4, -0.2) is 74.8 Å². The van der Waals surface area contributed by atoms with Crippen molar-refractivity contribution in [2.75, 3.05) is 33.0 Å². The summed E-state index contributed by atoms with van der Waals surface area (Å²) in [4.78, 5) is 45.3. The number of H-pyrrole nitrogens is 1. The fraction of sp³-hybridized carbons (Fsp3) is 0.765. The maximum atomic E-state index is 12.3. The van der Waals surface area contributed by atoms with Crippen LogP contribution in [-0.2, 0) is 32.0 Å². The molecule has 2 unspecified atom stereocenters. The Bertz CT molecular complexity index is 967. The van der Waals surface area contributed by atoms with Gasteiger partial charge in [-0.05, 0) is 25.7 Å². The Morgan fingerprint density at radius 2 is 1.62 bits per heavy atom. The first-order valence-corrected chi connectivity index (χ1v) is 13.5. The molecule has 0 bridgehead atoms. The van der Waals surface area contributed by atoms with Crippen molar-refractivity contribution in [3.63, 3.8) is 0 Å². The van der Waals surface area contributed by atoms with Gasteiger partial charge in [-0.15, -0.1) is 0 Å². The van der Waals surface area contributed by atoms with E-state index in [1.807, 2.05) is 0 Å². The number of hydrogen-bond acceptors (Lipinski definition) is 11. The zero-order valence-corrected chi connectivity index (χ0v) is 20.1. The zero-order valence-electron chi connectivity index (χ0n) is 18.3. The minimum atomic E-state index is -4.60. The number of aromatic amines is 1. The van der Waals surface area contributed by atoms with E-state index in [2.05, 4.69) is 4.98 Å². The van der Waals surface area contributed by atoms with Gasteiger partial charge in [0.25, 0.3) is 5.56 Å². The van der Waals surface area contributed by atoms with E-state index in [0.29, 0.717) is 25.7 Å². The number of phosphoric ester groups is 2. The minimum absolute atomic E-state index is 0.107. The van der Waals surface area contributed by atoms with Crippen LogP contribution in [0.3, 0.4) is 0 Å². The second-order valence-corrected chi connectivity index (χ2v) is 10.1. The molecular formula is C17H30N2O13P2. The molecule has 5 N–H and O–H groups in total. The van der Waals surface area contributed by atoms with Gasteiger partial charge in [0.1, 0.15) is 18.4 Å². The number of hydrogen-bond donors (Lipinski definition) is 5. The van der Waals surface area contributed by atoms with Crippen LogP contribution in [0.4, 0.5) is 0 Å². The summed E-state index contributed by atoms with van der Waals surface area (Å²) in [6, 6.07) is 1.08. The van der Waals surface area contributed by atoms with Crippen LogP contribution in [0.1, 0.15) is 38.3 Å². The summed E-state index contributed by atoms with van der Waals surface area (Å²) in [6.07, 6.45) is -1.11. The number of ether oxygens (including phenoxy) is 1. The minimum Gasteiger partial charge on any atom is -0.396 e. The molecule has 0 aromatic carbocycles. The van der Waals surface area contributed by atoms with Gasteiger partial charge in [0, 0.05) is 31.9 Å². The smallest absolute Gasteiger partial charge is 0.396 e. The topological polar surface area (TPSA) is 216 Å². The fourth-order valence-electron chi connectivity index (χ4n) is 2.98. The Morgan fingerprint density at radius 3 is 2.21 bits per heavy atom. The molecule has 2 rings (SSSR count). The van der Waals surface area contributed by atoms with Crippen molar-refractivity contribution in [2.24, 2.45) is 0 Å². The van der Waals surface area contributed by atoms with Gasteiger partial charge in [0.2, 0.25) is 0 Å². The second kappa shape index (κ2) is 13.8. The Labute approximate surface area is 194 Å². The van der Waals surface area contributed by atoms with E-state index < -0.39 is 51.9 Å². The van der Waals surface area contributed by atoms with Crippen LogP contribution in [0, 0.1) is 0 Å². The molecule has 196 valence electrons. The van der Waals surface area contributed by atoms with Gasteiger partial charge in [-0.2, -0.15) is 0 Å². The molecule has 2 heterocycles. The molecule has 1 aromatic heterocycles. The predicted molar refractivity (Wildman–Crippen MR) is 115 cm³/mol. The van der Waals surface area contributed by atoms with Gasteiger partial charge < -0.3 is 24.7 Å². The molecule has 1 aliphatic heterocycles. The summed E-state index contributed by atoms with van der Waals surface area (Å²) in [5.41, 5.74) is -1.44. The number of aliphatic hydroxyl groups excluding tert-OH is 2. The summed E-state index contributed by atoms with van der Waals surface area (Å²) in [5.74, 6) is 0. The lowest BCUT2D eigenvalue weighted by Crippen LogP contribution is -2.31. The molecule has 0 aliphatic carbocycles. The standard InChI is InChI=1S/C17H30N2O13P2/c20-7-1-3-9-28-33(24,25)30-12-14-13(32-34(26,27)29-10-4-2-8-21)11-16(31-14)19-6-5-15(22)18-17(19)23/h5-6,13-14,16,20-21H,1-4,7-12H2,(H,24,25)(H,26,27)(H,18,22,23)/t13-,14+,16+/m0/s1. The first kappa shape index (κ1) is 29.0. The van der Waals surface area contributed by atoms with Crippen molar-refractivity contribution in [1.82, 2.24) is 9.55 Å². The van der Waals surface area contributed by atoms with Gasteiger partial charge in [-0.3, -0.25) is 32.4 Å². The van der Waals surface area contributed by atoms with Crippen LogP contribution in [0.2, 0.25) is 0 Å². The maximum Gasteiger partial charge on any atom is 0.472 e. The van der Waals surface area contributed by atoms with Gasteiger partial charge in [-0.25, -0.2) is 13.9 Å². The quantitative estimate of drug-likeness (QED) is 0.140. The summed E-state index contributed by atoms with van der Waals surface area (Å²) in [7, 11) is -9.11. The monoisotopic (exact) mass is 532 g/mol. The van der Waals surface area contributed by atoms with E-state index in [9.17, 15) is 28.5 Å². The van der Waals surface area contributed by atoms with E-state index >= 15 is 0 Å². The third-order valence-electron chi connectivity index (χ3n) is 4.63. The van der Waals surface area contributed by atoms with E-state index in [-0.39, 0.29) is 32.8 Å². The van der Waals surface area contributed by atoms with Gasteiger partial charge in [0.15, 0.2) is 0 Å². The average molecular weight is 532 g/mol. The molecule has 15 nitrogen and oxygen atoms in total. The Balaban J connectivity index is 2.08. The Kier molecular flexibility index (Phi) is 11.7. The normalized spacial score (nSPS) is 24.1. The summed E-state index contributed by atoms with van der Waals surface area (Å²) < 4.78 is 50.8. The van der Waals surface area contributed by atoms with Crippen LogP contribution in [0.5, 0.6) is 0 Å². The lowest BCUT2D eigenvalue weighted by molar-refractivity contribution is -0.0469. The molecular weight excluding hydrogens is 502 g/mol. The first-order chi connectivity index (χ1) is 16.1. The highest BCUT2D eigenvalue weighted by Crippen LogP contribution is 2.49.